The molecule has 4 amide bonds. The van der Waals surface area contributed by atoms with Crippen molar-refractivity contribution in [2.45, 2.75) is 33.1 Å². The predicted molar refractivity (Wildman–Crippen MR) is 176 cm³/mol. The Morgan fingerprint density at radius 3 is 2.35 bits per heavy atom. The lowest BCUT2D eigenvalue weighted by atomic mass is 10.0. The van der Waals surface area contributed by atoms with Crippen molar-refractivity contribution in [3.63, 3.8) is 0 Å². The van der Waals surface area contributed by atoms with Gasteiger partial charge in [0.05, 0.1) is 23.7 Å². The van der Waals surface area contributed by atoms with Crippen LogP contribution in [0.15, 0.2) is 77.8 Å². The molecule has 49 heavy (non-hydrogen) atoms. The first kappa shape index (κ1) is 34.6. The Hall–Kier alpha value is -5.71. The molecule has 0 atom stereocenters. The lowest BCUT2D eigenvalue weighted by Gasteiger charge is -2.21. The Labute approximate surface area is 281 Å². The fourth-order valence-electron chi connectivity index (χ4n) is 4.64. The van der Waals surface area contributed by atoms with Gasteiger partial charge in [0.25, 0.3) is 0 Å². The average Bonchev–Trinajstić information content (AvgIpc) is 3.63. The van der Waals surface area contributed by atoms with Crippen molar-refractivity contribution in [2.24, 2.45) is 4.99 Å². The van der Waals surface area contributed by atoms with E-state index < -0.39 is 30.0 Å². The Morgan fingerprint density at radius 2 is 1.69 bits per heavy atom. The van der Waals surface area contributed by atoms with Gasteiger partial charge >= 0.3 is 24.3 Å². The highest BCUT2D eigenvalue weighted by molar-refractivity contribution is 8.15. The molecule has 17 heteroatoms. The molecule has 1 aliphatic rings. The zero-order valence-corrected chi connectivity index (χ0v) is 27.0. The largest absolute Gasteiger partial charge is 0.573 e. The number of benzene rings is 3. The molecular formula is C32H28F3N7O6S. The number of urea groups is 1. The molecular weight excluding hydrogens is 667 g/mol. The summed E-state index contributed by atoms with van der Waals surface area (Å²) in [4.78, 5) is 59.9. The van der Waals surface area contributed by atoms with Crippen LogP contribution in [-0.2, 0) is 19.1 Å². The number of esters is 1. The normalized spacial score (nSPS) is 13.9. The molecule has 0 bridgehead atoms. The number of aliphatic imine (C=N–C) groups is 1. The monoisotopic (exact) mass is 695 g/mol. The Morgan fingerprint density at radius 1 is 1.00 bits per heavy atom. The summed E-state index contributed by atoms with van der Waals surface area (Å²) in [5, 5.41) is 9.57. The van der Waals surface area contributed by atoms with E-state index in [0.29, 0.717) is 16.9 Å². The number of hydrogen-bond donors (Lipinski definition) is 2. The lowest BCUT2D eigenvalue weighted by Crippen LogP contribution is -2.31. The van der Waals surface area contributed by atoms with Gasteiger partial charge in [0.15, 0.2) is 11.0 Å². The fraction of sp³-hybridized carbons (Fsp3) is 0.219. The number of alkyl halides is 3. The SMILES string of the molecule is CCOC(=O)C(=O)Nc1nc(-c2ccc(NC(=O)N=C3SCC(=O)N3c3ccccc3C(C)C)cc2)nn1-c1ccc(OC(F)(F)F)cc1. The van der Waals surface area contributed by atoms with E-state index in [-0.39, 0.29) is 46.8 Å². The number of aromatic nitrogens is 3. The number of anilines is 3. The number of hydrogen-bond acceptors (Lipinski definition) is 9. The molecule has 0 spiro atoms. The van der Waals surface area contributed by atoms with Gasteiger partial charge in [0.1, 0.15) is 5.75 Å². The van der Waals surface area contributed by atoms with Crippen molar-refractivity contribution in [2.75, 3.05) is 27.9 Å². The van der Waals surface area contributed by atoms with Crippen LogP contribution in [0.1, 0.15) is 32.3 Å². The van der Waals surface area contributed by atoms with Crippen LogP contribution in [0.5, 0.6) is 5.75 Å². The van der Waals surface area contributed by atoms with E-state index in [9.17, 15) is 32.3 Å². The maximum atomic E-state index is 12.9. The van der Waals surface area contributed by atoms with E-state index in [1.165, 1.54) is 24.0 Å². The fourth-order valence-corrected chi connectivity index (χ4v) is 5.49. The highest BCUT2D eigenvalue weighted by Gasteiger charge is 2.33. The summed E-state index contributed by atoms with van der Waals surface area (Å²) in [6, 6.07) is 17.5. The molecule has 13 nitrogen and oxygen atoms in total. The third-order valence-corrected chi connectivity index (χ3v) is 7.69. The van der Waals surface area contributed by atoms with Crippen LogP contribution in [0.4, 0.5) is 35.3 Å². The van der Waals surface area contributed by atoms with Gasteiger partial charge in [-0.1, -0.05) is 43.8 Å². The Balaban J connectivity index is 1.36. The molecule has 3 aromatic carbocycles. The second-order valence-corrected chi connectivity index (χ2v) is 11.5. The first-order valence-corrected chi connectivity index (χ1v) is 15.7. The zero-order chi connectivity index (χ0) is 35.3. The summed E-state index contributed by atoms with van der Waals surface area (Å²) in [5.74, 6) is -2.89. The van der Waals surface area contributed by atoms with Gasteiger partial charge in [-0.15, -0.1) is 18.3 Å². The summed E-state index contributed by atoms with van der Waals surface area (Å²) >= 11 is 1.16. The predicted octanol–water partition coefficient (Wildman–Crippen LogP) is 6.13. The van der Waals surface area contributed by atoms with E-state index in [4.69, 9.17) is 4.74 Å². The number of rotatable bonds is 8. The van der Waals surface area contributed by atoms with E-state index >= 15 is 0 Å². The van der Waals surface area contributed by atoms with E-state index in [1.807, 2.05) is 38.1 Å². The van der Waals surface area contributed by atoms with Crippen molar-refractivity contribution in [3.05, 3.63) is 78.4 Å². The van der Waals surface area contributed by atoms with Crippen LogP contribution in [0.2, 0.25) is 0 Å². The number of amides is 4. The summed E-state index contributed by atoms with van der Waals surface area (Å²) in [5.41, 5.74) is 2.56. The third-order valence-electron chi connectivity index (χ3n) is 6.76. The Bertz CT molecular complexity index is 1910. The van der Waals surface area contributed by atoms with Gasteiger partial charge in [0, 0.05) is 11.3 Å². The second-order valence-electron chi connectivity index (χ2n) is 10.5. The highest BCUT2D eigenvalue weighted by Crippen LogP contribution is 2.33. The van der Waals surface area contributed by atoms with Crippen LogP contribution in [0.3, 0.4) is 0 Å². The number of para-hydroxylation sites is 1. The van der Waals surface area contributed by atoms with Gasteiger partial charge in [-0.3, -0.25) is 19.8 Å². The third kappa shape index (κ3) is 8.42. The van der Waals surface area contributed by atoms with Crippen molar-refractivity contribution in [1.29, 1.82) is 0 Å². The van der Waals surface area contributed by atoms with Gasteiger partial charge in [0.2, 0.25) is 11.9 Å². The molecule has 1 aromatic heterocycles. The van der Waals surface area contributed by atoms with Crippen molar-refractivity contribution in [1.82, 2.24) is 14.8 Å². The molecule has 254 valence electrons. The summed E-state index contributed by atoms with van der Waals surface area (Å²) in [6.45, 7) is 5.48. The first-order valence-electron chi connectivity index (χ1n) is 14.7. The topological polar surface area (TPSA) is 157 Å². The van der Waals surface area contributed by atoms with E-state index in [1.54, 1.807) is 24.3 Å². The molecule has 4 aromatic rings. The molecule has 1 fully saturated rings. The van der Waals surface area contributed by atoms with Crippen molar-refractivity contribution >= 4 is 58.1 Å². The number of amidine groups is 1. The number of carbonyl (C=O) groups excluding carboxylic acids is 4. The van der Waals surface area contributed by atoms with E-state index in [0.717, 1.165) is 34.1 Å². The Kier molecular flexibility index (Phi) is 10.3. The molecule has 0 unspecified atom stereocenters. The number of thioether (sulfide) groups is 1. The molecule has 5 rings (SSSR count). The molecule has 0 aliphatic carbocycles. The second kappa shape index (κ2) is 14.6. The van der Waals surface area contributed by atoms with Gasteiger partial charge in [-0.25, -0.2) is 9.59 Å². The molecule has 1 saturated heterocycles. The molecule has 1 aliphatic heterocycles. The van der Waals surface area contributed by atoms with Crippen molar-refractivity contribution in [3.8, 4) is 22.8 Å². The van der Waals surface area contributed by atoms with Gasteiger partial charge < -0.3 is 14.8 Å². The van der Waals surface area contributed by atoms with Crippen LogP contribution >= 0.6 is 11.8 Å². The lowest BCUT2D eigenvalue weighted by molar-refractivity contribution is -0.274. The smallest absolute Gasteiger partial charge is 0.459 e. The van der Waals surface area contributed by atoms with E-state index in [2.05, 4.69) is 30.4 Å². The maximum absolute atomic E-state index is 12.9. The van der Waals surface area contributed by atoms with Gasteiger partial charge in [-0.2, -0.15) is 14.7 Å². The zero-order valence-electron chi connectivity index (χ0n) is 26.1. The molecule has 2 heterocycles. The summed E-state index contributed by atoms with van der Waals surface area (Å²) < 4.78 is 47.6. The molecule has 0 saturated carbocycles. The quantitative estimate of drug-likeness (QED) is 0.164. The average molecular weight is 696 g/mol. The molecule has 0 radical (unpaired) electrons. The molecule has 2 N–H and O–H groups in total. The number of ether oxygens (including phenoxy) is 2. The maximum Gasteiger partial charge on any atom is 0.573 e. The highest BCUT2D eigenvalue weighted by atomic mass is 32.2. The first-order chi connectivity index (χ1) is 23.3. The van der Waals surface area contributed by atoms with Crippen molar-refractivity contribution < 1.29 is 41.8 Å². The standard InChI is InChI=1S/C32H28F3N7O6S/c1-4-47-28(45)27(44)38-29-37-26(40-42(29)21-13-15-22(16-14-21)48-32(33,34)35)19-9-11-20(12-10-19)36-30(46)39-31-41(25(43)17-49-31)24-8-6-5-7-23(24)18(2)3/h5-16,18H,4,17H2,1-3H3,(H,36,46)(H,37,38,40,44). The summed E-state index contributed by atoms with van der Waals surface area (Å²) in [7, 11) is 0. The van der Waals surface area contributed by atoms with Crippen LogP contribution in [0.25, 0.3) is 17.1 Å². The number of nitrogens with zero attached hydrogens (tertiary/aromatic N) is 5. The minimum absolute atomic E-state index is 0.0539. The summed E-state index contributed by atoms with van der Waals surface area (Å²) in [6.07, 6.45) is -4.90. The van der Waals surface area contributed by atoms with Crippen LogP contribution in [-0.4, -0.2) is 62.5 Å². The van der Waals surface area contributed by atoms with Crippen LogP contribution in [0, 0.1) is 0 Å². The van der Waals surface area contributed by atoms with Crippen LogP contribution < -0.4 is 20.3 Å². The minimum Gasteiger partial charge on any atom is -0.459 e. The number of carbonyl (C=O) groups is 4. The number of halogens is 3. The van der Waals surface area contributed by atoms with Gasteiger partial charge in [-0.05, 0) is 73.0 Å². The number of nitrogens with one attached hydrogen (secondary N) is 2. The minimum atomic E-state index is -4.90.